The summed E-state index contributed by atoms with van der Waals surface area (Å²) in [5.74, 6) is -0.487. The van der Waals surface area contributed by atoms with Crippen LogP contribution in [0.2, 0.25) is 5.02 Å². The van der Waals surface area contributed by atoms with E-state index in [1.807, 2.05) is 0 Å². The van der Waals surface area contributed by atoms with E-state index in [0.717, 1.165) is 31.4 Å². The normalized spacial score (nSPS) is 21.0. The van der Waals surface area contributed by atoms with Crippen molar-refractivity contribution in [2.45, 2.75) is 38.3 Å². The maximum atomic E-state index is 12.4. The molecule has 3 amide bonds. The predicted octanol–water partition coefficient (Wildman–Crippen LogP) is 4.23. The van der Waals surface area contributed by atoms with Crippen LogP contribution in [0, 0.1) is 0 Å². The number of hydrogen-bond donors (Lipinski definition) is 3. The Bertz CT molecular complexity index is 896. The third-order valence-corrected chi connectivity index (χ3v) is 6.86. The van der Waals surface area contributed by atoms with Gasteiger partial charge in [0.15, 0.2) is 0 Å². The Morgan fingerprint density at radius 3 is 2.67 bits per heavy atom. The number of anilines is 2. The fraction of sp³-hybridized carbons (Fsp3) is 0.368. The molecule has 0 radical (unpaired) electrons. The Kier molecular flexibility index (Phi) is 4.84. The van der Waals surface area contributed by atoms with Gasteiger partial charge in [0.2, 0.25) is 0 Å². The topological polar surface area (TPSA) is 87.5 Å². The van der Waals surface area contributed by atoms with Crippen molar-refractivity contribution in [2.75, 3.05) is 17.2 Å². The van der Waals surface area contributed by atoms with E-state index < -0.39 is 11.9 Å². The van der Waals surface area contributed by atoms with Crippen LogP contribution in [-0.2, 0) is 6.42 Å². The van der Waals surface area contributed by atoms with E-state index in [-0.39, 0.29) is 0 Å². The Labute approximate surface area is 166 Å². The largest absolute Gasteiger partial charge is 0.365 e. The van der Waals surface area contributed by atoms with E-state index >= 15 is 0 Å². The van der Waals surface area contributed by atoms with Gasteiger partial charge in [-0.1, -0.05) is 18.5 Å². The number of likely N-dealkylation sites (N-methyl/N-ethyl adjacent to an activating group) is 1. The quantitative estimate of drug-likeness (QED) is 0.712. The fourth-order valence-corrected chi connectivity index (χ4v) is 5.77. The second-order valence-corrected chi connectivity index (χ2v) is 8.37. The second kappa shape index (κ2) is 7.14. The summed E-state index contributed by atoms with van der Waals surface area (Å²) in [4.78, 5) is 28.2. The summed E-state index contributed by atoms with van der Waals surface area (Å²) < 4.78 is 0. The molecule has 3 heterocycles. The lowest BCUT2D eigenvalue weighted by atomic mass is 9.96. The molecule has 0 aliphatic carbocycles. The molecule has 2 atom stereocenters. The number of carbonyl (C=O) groups excluding carboxylic acids is 2. The van der Waals surface area contributed by atoms with Gasteiger partial charge in [-0.2, -0.15) is 0 Å². The summed E-state index contributed by atoms with van der Waals surface area (Å²) in [5.41, 5.74) is 7.78. The van der Waals surface area contributed by atoms with Gasteiger partial charge in [0.05, 0.1) is 5.56 Å². The number of halogens is 1. The molecule has 6 nitrogen and oxygen atoms in total. The third kappa shape index (κ3) is 3.31. The number of primary amides is 1. The minimum atomic E-state index is -0.487. The number of hydrogen-bond acceptors (Lipinski definition) is 4. The van der Waals surface area contributed by atoms with Crippen LogP contribution >= 0.6 is 22.9 Å². The van der Waals surface area contributed by atoms with Gasteiger partial charge < -0.3 is 11.1 Å². The SMILES string of the molecule is CCN1C2CCC1c1sc(NC(=O)Nc3ccc(Cl)cc3)c(C(N)=O)c1C2. The van der Waals surface area contributed by atoms with E-state index in [1.54, 1.807) is 24.3 Å². The summed E-state index contributed by atoms with van der Waals surface area (Å²) in [6.45, 7) is 3.15. The maximum Gasteiger partial charge on any atom is 0.324 e. The number of benzene rings is 1. The number of carbonyl (C=O) groups is 2. The van der Waals surface area contributed by atoms with E-state index in [2.05, 4.69) is 22.5 Å². The lowest BCUT2D eigenvalue weighted by Crippen LogP contribution is -2.37. The molecular weight excluding hydrogens is 384 g/mol. The van der Waals surface area contributed by atoms with E-state index in [0.29, 0.717) is 33.4 Å². The number of urea groups is 1. The second-order valence-electron chi connectivity index (χ2n) is 6.88. The molecule has 2 unspecified atom stereocenters. The van der Waals surface area contributed by atoms with Crippen LogP contribution in [0.15, 0.2) is 24.3 Å². The Hall–Kier alpha value is -2.09. The van der Waals surface area contributed by atoms with Gasteiger partial charge in [0, 0.05) is 27.7 Å². The first-order valence-electron chi connectivity index (χ1n) is 9.02. The van der Waals surface area contributed by atoms with Crippen LogP contribution < -0.4 is 16.4 Å². The number of thiophene rings is 1. The van der Waals surface area contributed by atoms with Gasteiger partial charge in [0.25, 0.3) is 5.91 Å². The van der Waals surface area contributed by atoms with Gasteiger partial charge in [0.1, 0.15) is 5.00 Å². The third-order valence-electron chi connectivity index (χ3n) is 5.36. The first-order valence-corrected chi connectivity index (χ1v) is 10.2. The van der Waals surface area contributed by atoms with Crippen molar-refractivity contribution in [3.05, 3.63) is 45.3 Å². The van der Waals surface area contributed by atoms with Crippen LogP contribution in [-0.4, -0.2) is 29.4 Å². The zero-order chi connectivity index (χ0) is 19.1. The van der Waals surface area contributed by atoms with E-state index in [1.165, 1.54) is 16.2 Å². The molecule has 2 aliphatic heterocycles. The Morgan fingerprint density at radius 1 is 1.26 bits per heavy atom. The minimum absolute atomic E-state index is 0.321. The summed E-state index contributed by atoms with van der Waals surface area (Å²) in [6.07, 6.45) is 3.04. The molecular formula is C19H21ClN4O2S. The van der Waals surface area contributed by atoms with E-state index in [4.69, 9.17) is 17.3 Å². The van der Waals surface area contributed by atoms with Crippen molar-refractivity contribution >= 4 is 45.6 Å². The molecule has 142 valence electrons. The molecule has 1 aromatic heterocycles. The van der Waals surface area contributed by atoms with Crippen molar-refractivity contribution in [3.8, 4) is 0 Å². The molecule has 1 fully saturated rings. The molecule has 1 aromatic carbocycles. The summed E-state index contributed by atoms with van der Waals surface area (Å²) >= 11 is 7.34. The molecule has 27 heavy (non-hydrogen) atoms. The van der Waals surface area contributed by atoms with Crippen molar-refractivity contribution in [1.82, 2.24) is 4.90 Å². The van der Waals surface area contributed by atoms with Gasteiger partial charge in [-0.25, -0.2) is 4.79 Å². The number of nitrogens with two attached hydrogens (primary N) is 1. The summed E-state index contributed by atoms with van der Waals surface area (Å²) in [5, 5.41) is 6.70. The molecule has 2 aliphatic rings. The van der Waals surface area contributed by atoms with Crippen molar-refractivity contribution in [2.24, 2.45) is 5.73 Å². The van der Waals surface area contributed by atoms with Gasteiger partial charge in [-0.15, -0.1) is 11.3 Å². The highest BCUT2D eigenvalue weighted by Crippen LogP contribution is 2.50. The van der Waals surface area contributed by atoms with Gasteiger partial charge in [-0.05, 0) is 55.6 Å². The van der Waals surface area contributed by atoms with Crippen LogP contribution in [0.5, 0.6) is 0 Å². The summed E-state index contributed by atoms with van der Waals surface area (Å²) in [7, 11) is 0. The van der Waals surface area contributed by atoms with Crippen molar-refractivity contribution < 1.29 is 9.59 Å². The first kappa shape index (κ1) is 18.3. The zero-order valence-corrected chi connectivity index (χ0v) is 16.5. The molecule has 0 saturated carbocycles. The number of rotatable bonds is 4. The Morgan fingerprint density at radius 2 is 2.00 bits per heavy atom. The Balaban J connectivity index is 1.60. The van der Waals surface area contributed by atoms with Crippen LogP contribution in [0.1, 0.15) is 46.6 Å². The molecule has 4 rings (SSSR count). The van der Waals surface area contributed by atoms with Crippen LogP contribution in [0.3, 0.4) is 0 Å². The molecule has 8 heteroatoms. The number of nitrogens with one attached hydrogen (secondary N) is 2. The highest BCUT2D eigenvalue weighted by molar-refractivity contribution is 7.17. The standard InChI is InChI=1S/C19H21ClN4O2S/c1-2-24-12-7-8-14(24)16-13(9-12)15(17(21)25)18(27-16)23-19(26)22-11-5-3-10(20)4-6-11/h3-6,12,14H,2,7-9H2,1H3,(H2,21,25)(H2,22,23,26). The number of nitrogens with zero attached hydrogens (tertiary/aromatic N) is 1. The van der Waals surface area contributed by atoms with Gasteiger partial charge in [-0.3, -0.25) is 15.0 Å². The van der Waals surface area contributed by atoms with E-state index in [9.17, 15) is 9.59 Å². The molecule has 2 aromatic rings. The van der Waals surface area contributed by atoms with Crippen LogP contribution in [0.25, 0.3) is 0 Å². The molecule has 2 bridgehead atoms. The smallest absolute Gasteiger partial charge is 0.324 e. The molecule has 0 spiro atoms. The van der Waals surface area contributed by atoms with Gasteiger partial charge >= 0.3 is 6.03 Å². The van der Waals surface area contributed by atoms with Crippen molar-refractivity contribution in [3.63, 3.8) is 0 Å². The maximum absolute atomic E-state index is 12.4. The van der Waals surface area contributed by atoms with Crippen LogP contribution in [0.4, 0.5) is 15.5 Å². The minimum Gasteiger partial charge on any atom is -0.365 e. The first-order chi connectivity index (χ1) is 13.0. The lowest BCUT2D eigenvalue weighted by Gasteiger charge is -2.33. The number of fused-ring (bicyclic) bond motifs is 4. The zero-order valence-electron chi connectivity index (χ0n) is 14.9. The summed E-state index contributed by atoms with van der Waals surface area (Å²) in [6, 6.07) is 7.20. The average molecular weight is 405 g/mol. The van der Waals surface area contributed by atoms with Crippen molar-refractivity contribution in [1.29, 1.82) is 0 Å². The highest BCUT2D eigenvalue weighted by atomic mass is 35.5. The highest BCUT2D eigenvalue weighted by Gasteiger charge is 2.42. The molecule has 1 saturated heterocycles. The lowest BCUT2D eigenvalue weighted by molar-refractivity contribution is 0.0999. The monoisotopic (exact) mass is 404 g/mol. The number of amides is 3. The fourth-order valence-electron chi connectivity index (χ4n) is 4.25. The average Bonchev–Trinajstić information content (AvgIpc) is 3.14. The molecule has 4 N–H and O–H groups in total. The predicted molar refractivity (Wildman–Crippen MR) is 109 cm³/mol.